The van der Waals surface area contributed by atoms with Crippen molar-refractivity contribution in [2.24, 2.45) is 0 Å². The number of ether oxygens (including phenoxy) is 2. The third-order valence-corrected chi connectivity index (χ3v) is 5.74. The van der Waals surface area contributed by atoms with Crippen LogP contribution in [0, 0.1) is 6.92 Å². The van der Waals surface area contributed by atoms with Gasteiger partial charge in [0.25, 0.3) is 5.91 Å². The van der Waals surface area contributed by atoms with Gasteiger partial charge in [0.2, 0.25) is 0 Å². The van der Waals surface area contributed by atoms with Gasteiger partial charge in [-0.15, -0.1) is 23.1 Å². The standard InChI is InChI=1S/C21H22N2O3S2/c1-15-23-17(13-27-15)14-28-20-8-6-16(7-9-20)21(24)22-10-11-26-19-5-3-4-18(12-19)25-2/h3-9,12-13H,10-11,14H2,1-2H3,(H,22,24). The third-order valence-electron chi connectivity index (χ3n) is 3.87. The number of thiazole rings is 1. The highest BCUT2D eigenvalue weighted by Crippen LogP contribution is 2.24. The molecule has 7 heteroatoms. The molecule has 0 radical (unpaired) electrons. The van der Waals surface area contributed by atoms with Crippen LogP contribution in [0.3, 0.4) is 0 Å². The fraction of sp³-hybridized carbons (Fsp3) is 0.238. The number of rotatable bonds is 9. The monoisotopic (exact) mass is 414 g/mol. The Morgan fingerprint density at radius 2 is 1.96 bits per heavy atom. The van der Waals surface area contributed by atoms with Crippen LogP contribution in [0.25, 0.3) is 0 Å². The average molecular weight is 415 g/mol. The number of methoxy groups -OCH3 is 1. The van der Waals surface area contributed by atoms with Crippen molar-refractivity contribution in [1.82, 2.24) is 10.3 Å². The first-order valence-electron chi connectivity index (χ1n) is 8.83. The molecule has 5 nitrogen and oxygen atoms in total. The van der Waals surface area contributed by atoms with E-state index in [0.717, 1.165) is 27.1 Å². The molecule has 0 unspecified atom stereocenters. The van der Waals surface area contributed by atoms with Crippen LogP contribution in [0.2, 0.25) is 0 Å². The SMILES string of the molecule is COc1cccc(OCCNC(=O)c2ccc(SCc3csc(C)n3)cc2)c1. The highest BCUT2D eigenvalue weighted by molar-refractivity contribution is 7.98. The van der Waals surface area contributed by atoms with Gasteiger partial charge in [-0.25, -0.2) is 4.98 Å². The maximum atomic E-state index is 12.2. The normalized spacial score (nSPS) is 10.5. The van der Waals surface area contributed by atoms with Crippen molar-refractivity contribution in [3.63, 3.8) is 0 Å². The van der Waals surface area contributed by atoms with Crippen molar-refractivity contribution in [1.29, 1.82) is 0 Å². The molecule has 0 aliphatic carbocycles. The van der Waals surface area contributed by atoms with Gasteiger partial charge < -0.3 is 14.8 Å². The Kier molecular flexibility index (Phi) is 7.33. The highest BCUT2D eigenvalue weighted by Gasteiger charge is 2.06. The zero-order valence-corrected chi connectivity index (χ0v) is 17.4. The van der Waals surface area contributed by atoms with E-state index in [0.29, 0.717) is 24.5 Å². The summed E-state index contributed by atoms with van der Waals surface area (Å²) in [5, 5.41) is 6.03. The van der Waals surface area contributed by atoms with E-state index in [1.807, 2.05) is 55.5 Å². The van der Waals surface area contributed by atoms with E-state index in [4.69, 9.17) is 9.47 Å². The number of carbonyl (C=O) groups is 1. The van der Waals surface area contributed by atoms with Gasteiger partial charge in [0.15, 0.2) is 0 Å². The summed E-state index contributed by atoms with van der Waals surface area (Å²) in [7, 11) is 1.61. The minimum Gasteiger partial charge on any atom is -0.497 e. The largest absolute Gasteiger partial charge is 0.497 e. The molecular weight excluding hydrogens is 392 g/mol. The van der Waals surface area contributed by atoms with Gasteiger partial charge in [-0.2, -0.15) is 0 Å². The number of thioether (sulfide) groups is 1. The van der Waals surface area contributed by atoms with E-state index in [9.17, 15) is 4.79 Å². The second-order valence-corrected chi connectivity index (χ2v) is 8.07. The van der Waals surface area contributed by atoms with Gasteiger partial charge in [-0.05, 0) is 43.3 Å². The second-order valence-electron chi connectivity index (χ2n) is 5.95. The molecule has 146 valence electrons. The summed E-state index contributed by atoms with van der Waals surface area (Å²) in [5.74, 6) is 2.17. The maximum Gasteiger partial charge on any atom is 0.251 e. The Bertz CT molecular complexity index is 910. The molecule has 2 aromatic carbocycles. The molecule has 1 amide bonds. The summed E-state index contributed by atoms with van der Waals surface area (Å²) in [6, 6.07) is 15.0. The Balaban J connectivity index is 1.41. The zero-order valence-electron chi connectivity index (χ0n) is 15.8. The van der Waals surface area contributed by atoms with Crippen molar-refractivity contribution >= 4 is 29.0 Å². The van der Waals surface area contributed by atoms with Crippen LogP contribution in [0.5, 0.6) is 11.5 Å². The van der Waals surface area contributed by atoms with Crippen LogP contribution in [-0.4, -0.2) is 31.2 Å². The summed E-state index contributed by atoms with van der Waals surface area (Å²) in [6.07, 6.45) is 0. The first kappa shape index (κ1) is 20.2. The van der Waals surface area contributed by atoms with Gasteiger partial charge in [-0.1, -0.05) is 6.07 Å². The molecule has 0 saturated heterocycles. The van der Waals surface area contributed by atoms with Crippen molar-refractivity contribution < 1.29 is 14.3 Å². The average Bonchev–Trinajstić information content (AvgIpc) is 3.15. The van der Waals surface area contributed by atoms with E-state index >= 15 is 0 Å². The Hall–Kier alpha value is -2.51. The molecule has 1 N–H and O–H groups in total. The quantitative estimate of drug-likeness (QED) is 0.411. The van der Waals surface area contributed by atoms with Crippen LogP contribution >= 0.6 is 23.1 Å². The lowest BCUT2D eigenvalue weighted by atomic mass is 10.2. The summed E-state index contributed by atoms with van der Waals surface area (Å²) in [5.41, 5.74) is 1.72. The van der Waals surface area contributed by atoms with Crippen LogP contribution in [0.1, 0.15) is 21.1 Å². The van der Waals surface area contributed by atoms with Crippen molar-refractivity contribution in [2.75, 3.05) is 20.3 Å². The van der Waals surface area contributed by atoms with Crippen molar-refractivity contribution in [3.8, 4) is 11.5 Å². The van der Waals surface area contributed by atoms with Crippen molar-refractivity contribution in [3.05, 3.63) is 70.2 Å². The molecular formula is C21H22N2O3S2. The summed E-state index contributed by atoms with van der Waals surface area (Å²) >= 11 is 3.37. The van der Waals surface area contributed by atoms with Gasteiger partial charge in [-0.3, -0.25) is 4.79 Å². The number of amides is 1. The minimum atomic E-state index is -0.110. The number of nitrogens with zero attached hydrogens (tertiary/aromatic N) is 1. The molecule has 3 rings (SSSR count). The lowest BCUT2D eigenvalue weighted by molar-refractivity contribution is 0.0947. The van der Waals surface area contributed by atoms with Crippen LogP contribution < -0.4 is 14.8 Å². The smallest absolute Gasteiger partial charge is 0.251 e. The first-order valence-corrected chi connectivity index (χ1v) is 10.7. The van der Waals surface area contributed by atoms with E-state index in [2.05, 4.69) is 15.7 Å². The van der Waals surface area contributed by atoms with Gasteiger partial charge in [0.1, 0.15) is 18.1 Å². The number of aryl methyl sites for hydroxylation is 1. The highest BCUT2D eigenvalue weighted by atomic mass is 32.2. The number of benzene rings is 2. The molecule has 0 aliphatic rings. The minimum absolute atomic E-state index is 0.110. The van der Waals surface area contributed by atoms with E-state index in [1.165, 1.54) is 0 Å². The second kappa shape index (κ2) is 10.1. The molecule has 0 bridgehead atoms. The maximum absolute atomic E-state index is 12.2. The predicted octanol–water partition coefficient (Wildman–Crippen LogP) is 4.56. The number of carbonyl (C=O) groups excluding carboxylic acids is 1. The molecule has 1 aromatic heterocycles. The molecule has 0 atom stereocenters. The number of aromatic nitrogens is 1. The zero-order chi connectivity index (χ0) is 19.8. The summed E-state index contributed by atoms with van der Waals surface area (Å²) < 4.78 is 10.8. The molecule has 1 heterocycles. The topological polar surface area (TPSA) is 60.5 Å². The molecule has 0 spiro atoms. The van der Waals surface area contributed by atoms with Gasteiger partial charge in [0, 0.05) is 27.7 Å². The fourth-order valence-electron chi connectivity index (χ4n) is 2.46. The number of hydrogen-bond donors (Lipinski definition) is 1. The molecule has 0 saturated carbocycles. The van der Waals surface area contributed by atoms with Crippen LogP contribution in [0.15, 0.2) is 58.8 Å². The number of hydrogen-bond acceptors (Lipinski definition) is 6. The van der Waals surface area contributed by atoms with Crippen LogP contribution in [0.4, 0.5) is 0 Å². The van der Waals surface area contributed by atoms with E-state index in [1.54, 1.807) is 30.2 Å². The molecule has 0 fully saturated rings. The van der Waals surface area contributed by atoms with Crippen LogP contribution in [-0.2, 0) is 5.75 Å². The summed E-state index contributed by atoms with van der Waals surface area (Å²) in [4.78, 5) is 17.8. The fourth-order valence-corrected chi connectivity index (χ4v) is 3.97. The van der Waals surface area contributed by atoms with Gasteiger partial charge in [0.05, 0.1) is 24.4 Å². The lowest BCUT2D eigenvalue weighted by Crippen LogP contribution is -2.28. The van der Waals surface area contributed by atoms with Crippen molar-refractivity contribution in [2.45, 2.75) is 17.6 Å². The Morgan fingerprint density at radius 3 is 2.68 bits per heavy atom. The lowest BCUT2D eigenvalue weighted by Gasteiger charge is -2.09. The van der Waals surface area contributed by atoms with Gasteiger partial charge >= 0.3 is 0 Å². The van der Waals surface area contributed by atoms with E-state index < -0.39 is 0 Å². The molecule has 3 aromatic rings. The predicted molar refractivity (Wildman–Crippen MR) is 114 cm³/mol. The number of nitrogens with one attached hydrogen (secondary N) is 1. The Labute approximate surface area is 173 Å². The van der Waals surface area contributed by atoms with E-state index in [-0.39, 0.29) is 5.91 Å². The summed E-state index contributed by atoms with van der Waals surface area (Å²) in [6.45, 7) is 2.82. The molecule has 0 aliphatic heterocycles. The molecule has 28 heavy (non-hydrogen) atoms. The third kappa shape index (κ3) is 6.00. The first-order chi connectivity index (χ1) is 13.6. The Morgan fingerprint density at radius 1 is 1.18 bits per heavy atom.